The fourth-order valence-corrected chi connectivity index (χ4v) is 2.21. The average molecular weight is 250 g/mol. The van der Waals surface area contributed by atoms with Crippen LogP contribution in [0.4, 0.5) is 0 Å². The Morgan fingerprint density at radius 2 is 2.28 bits per heavy atom. The molecule has 1 amide bonds. The van der Waals surface area contributed by atoms with Crippen LogP contribution >= 0.6 is 0 Å². The maximum absolute atomic E-state index is 12.3. The fraction of sp³-hybridized carbons (Fsp3) is 0.538. The Hall–Kier alpha value is -1.62. The van der Waals surface area contributed by atoms with Crippen molar-refractivity contribution in [3.63, 3.8) is 0 Å². The molecule has 5 nitrogen and oxygen atoms in total. The normalized spacial score (nSPS) is 24.1. The number of aromatic nitrogens is 1. The molecular formula is C13H18N2O3. The molecule has 18 heavy (non-hydrogen) atoms. The Bertz CT molecular complexity index is 509. The molecule has 2 unspecified atom stereocenters. The lowest BCUT2D eigenvalue weighted by Gasteiger charge is -2.34. The summed E-state index contributed by atoms with van der Waals surface area (Å²) in [6, 6.07) is 1.41. The Labute approximate surface area is 105 Å². The molecule has 1 saturated heterocycles. The average Bonchev–Trinajstić information content (AvgIpc) is 2.32. The van der Waals surface area contributed by atoms with Gasteiger partial charge in [-0.15, -0.1) is 0 Å². The maximum Gasteiger partial charge on any atom is 0.255 e. The van der Waals surface area contributed by atoms with Crippen molar-refractivity contribution in [1.82, 2.24) is 9.88 Å². The maximum atomic E-state index is 12.3. The first kappa shape index (κ1) is 12.8. The second-order valence-electron chi connectivity index (χ2n) is 4.98. The van der Waals surface area contributed by atoms with E-state index in [1.165, 1.54) is 12.3 Å². The quantitative estimate of drug-likeness (QED) is 0.763. The molecule has 0 radical (unpaired) electrons. The third kappa shape index (κ3) is 2.46. The highest BCUT2D eigenvalue weighted by molar-refractivity contribution is 5.95. The number of carbonyl (C=O) groups is 1. The molecule has 2 N–H and O–H groups in total. The van der Waals surface area contributed by atoms with Crippen LogP contribution in [0, 0.1) is 12.8 Å². The number of carbonyl (C=O) groups excluding carboxylic acids is 1. The zero-order valence-electron chi connectivity index (χ0n) is 10.6. The molecule has 1 fully saturated rings. The monoisotopic (exact) mass is 250 g/mol. The van der Waals surface area contributed by atoms with Gasteiger partial charge in [-0.1, -0.05) is 6.92 Å². The molecule has 2 atom stereocenters. The SMILES string of the molecule is Cc1cc(=O)[nH]cc1C(=O)N1CCC(C)C(O)C1. The van der Waals surface area contributed by atoms with Crippen LogP contribution in [0.3, 0.4) is 0 Å². The van der Waals surface area contributed by atoms with Crippen LogP contribution < -0.4 is 5.56 Å². The molecule has 1 aliphatic rings. The number of hydrogen-bond donors (Lipinski definition) is 2. The summed E-state index contributed by atoms with van der Waals surface area (Å²) in [5.74, 6) is 0.0976. The minimum atomic E-state index is -0.467. The molecule has 0 saturated carbocycles. The van der Waals surface area contributed by atoms with Crippen molar-refractivity contribution in [3.05, 3.63) is 33.7 Å². The van der Waals surface area contributed by atoms with E-state index in [1.807, 2.05) is 6.92 Å². The van der Waals surface area contributed by atoms with Crippen LogP contribution in [0.5, 0.6) is 0 Å². The van der Waals surface area contributed by atoms with Crippen LogP contribution in [0.2, 0.25) is 0 Å². The summed E-state index contributed by atoms with van der Waals surface area (Å²) in [7, 11) is 0. The van der Waals surface area contributed by atoms with Gasteiger partial charge in [-0.2, -0.15) is 0 Å². The number of nitrogens with zero attached hydrogens (tertiary/aromatic N) is 1. The summed E-state index contributed by atoms with van der Waals surface area (Å²) in [4.78, 5) is 27.6. The van der Waals surface area contributed by atoms with E-state index in [2.05, 4.69) is 4.98 Å². The smallest absolute Gasteiger partial charge is 0.255 e. The van der Waals surface area contributed by atoms with Crippen LogP contribution in [0.25, 0.3) is 0 Å². The number of aliphatic hydroxyl groups is 1. The summed E-state index contributed by atoms with van der Waals surface area (Å²) >= 11 is 0. The van der Waals surface area contributed by atoms with E-state index in [0.717, 1.165) is 6.42 Å². The summed E-state index contributed by atoms with van der Waals surface area (Å²) in [5.41, 5.74) is 0.949. The number of pyridine rings is 1. The first-order valence-electron chi connectivity index (χ1n) is 6.15. The van der Waals surface area contributed by atoms with E-state index in [9.17, 15) is 14.7 Å². The van der Waals surface area contributed by atoms with Crippen molar-refractivity contribution < 1.29 is 9.90 Å². The van der Waals surface area contributed by atoms with Crippen LogP contribution in [0.15, 0.2) is 17.1 Å². The van der Waals surface area contributed by atoms with Gasteiger partial charge in [0.2, 0.25) is 5.56 Å². The van der Waals surface area contributed by atoms with Crippen molar-refractivity contribution >= 4 is 5.91 Å². The first-order chi connectivity index (χ1) is 8.49. The standard InChI is InChI=1S/C13H18N2O3/c1-8-3-4-15(7-11(8)16)13(18)10-6-14-12(17)5-9(10)2/h5-6,8,11,16H,3-4,7H2,1-2H3,(H,14,17). The minimum Gasteiger partial charge on any atom is -0.391 e. The van der Waals surface area contributed by atoms with Gasteiger partial charge in [-0.3, -0.25) is 9.59 Å². The molecule has 0 aromatic carbocycles. The molecule has 0 aliphatic carbocycles. The predicted octanol–water partition coefficient (Wildman–Crippen LogP) is 0.526. The zero-order valence-corrected chi connectivity index (χ0v) is 10.6. The second kappa shape index (κ2) is 4.94. The van der Waals surface area contributed by atoms with Gasteiger partial charge in [0.05, 0.1) is 11.7 Å². The highest BCUT2D eigenvalue weighted by atomic mass is 16.3. The Morgan fingerprint density at radius 1 is 1.56 bits per heavy atom. The lowest BCUT2D eigenvalue weighted by atomic mass is 9.95. The number of aryl methyl sites for hydroxylation is 1. The number of rotatable bonds is 1. The van der Waals surface area contributed by atoms with Gasteiger partial charge in [0.15, 0.2) is 0 Å². The number of piperidine rings is 1. The van der Waals surface area contributed by atoms with Gasteiger partial charge in [-0.25, -0.2) is 0 Å². The van der Waals surface area contributed by atoms with Gasteiger partial charge in [0.1, 0.15) is 0 Å². The van der Waals surface area contributed by atoms with Gasteiger partial charge >= 0.3 is 0 Å². The third-order valence-electron chi connectivity index (χ3n) is 3.57. The summed E-state index contributed by atoms with van der Waals surface area (Å²) in [5, 5.41) is 9.81. The van der Waals surface area contributed by atoms with Crippen molar-refractivity contribution in [3.8, 4) is 0 Å². The Balaban J connectivity index is 2.19. The number of nitrogens with one attached hydrogen (secondary N) is 1. The largest absolute Gasteiger partial charge is 0.391 e. The van der Waals surface area contributed by atoms with Crippen molar-refractivity contribution in [2.75, 3.05) is 13.1 Å². The Morgan fingerprint density at radius 3 is 2.89 bits per heavy atom. The number of aliphatic hydroxyl groups excluding tert-OH is 1. The molecular weight excluding hydrogens is 232 g/mol. The fourth-order valence-electron chi connectivity index (χ4n) is 2.21. The van der Waals surface area contributed by atoms with Gasteiger partial charge in [-0.05, 0) is 24.8 Å². The number of H-pyrrole nitrogens is 1. The van der Waals surface area contributed by atoms with Crippen LogP contribution in [-0.2, 0) is 0 Å². The van der Waals surface area contributed by atoms with Gasteiger partial charge in [0.25, 0.3) is 5.91 Å². The molecule has 1 aliphatic heterocycles. The van der Waals surface area contributed by atoms with E-state index in [-0.39, 0.29) is 17.4 Å². The van der Waals surface area contributed by atoms with Crippen LogP contribution in [0.1, 0.15) is 29.3 Å². The molecule has 1 aromatic heterocycles. The lowest BCUT2D eigenvalue weighted by Crippen LogP contribution is -2.46. The van der Waals surface area contributed by atoms with E-state index in [0.29, 0.717) is 24.2 Å². The molecule has 2 rings (SSSR count). The molecule has 5 heteroatoms. The van der Waals surface area contributed by atoms with Crippen molar-refractivity contribution in [2.45, 2.75) is 26.4 Å². The molecule has 2 heterocycles. The Kier molecular flexibility index (Phi) is 3.52. The number of β-amino-alcohol motifs (C(OH)–C–C–N with tert-alkyl or cyclic N) is 1. The lowest BCUT2D eigenvalue weighted by molar-refractivity contribution is 0.0248. The number of aromatic amines is 1. The summed E-state index contributed by atoms with van der Waals surface area (Å²) in [6.45, 7) is 4.73. The number of amides is 1. The summed E-state index contributed by atoms with van der Waals surface area (Å²) in [6.07, 6.45) is 1.78. The van der Waals surface area contributed by atoms with Crippen LogP contribution in [-0.4, -0.2) is 40.1 Å². The molecule has 1 aromatic rings. The van der Waals surface area contributed by atoms with Gasteiger partial charge < -0.3 is 15.0 Å². The molecule has 0 bridgehead atoms. The number of hydrogen-bond acceptors (Lipinski definition) is 3. The third-order valence-corrected chi connectivity index (χ3v) is 3.57. The van der Waals surface area contributed by atoms with Gasteiger partial charge in [0, 0.05) is 25.4 Å². The van der Waals surface area contributed by atoms with E-state index >= 15 is 0 Å². The van der Waals surface area contributed by atoms with E-state index < -0.39 is 6.10 Å². The van der Waals surface area contributed by atoms with Crippen molar-refractivity contribution in [1.29, 1.82) is 0 Å². The van der Waals surface area contributed by atoms with Crippen molar-refractivity contribution in [2.24, 2.45) is 5.92 Å². The minimum absolute atomic E-state index is 0.130. The zero-order chi connectivity index (χ0) is 13.3. The number of likely N-dealkylation sites (tertiary alicyclic amines) is 1. The summed E-state index contributed by atoms with van der Waals surface area (Å²) < 4.78 is 0. The molecule has 0 spiro atoms. The second-order valence-corrected chi connectivity index (χ2v) is 4.98. The van der Waals surface area contributed by atoms with E-state index in [1.54, 1.807) is 11.8 Å². The van der Waals surface area contributed by atoms with E-state index in [4.69, 9.17) is 0 Å². The predicted molar refractivity (Wildman–Crippen MR) is 67.5 cm³/mol. The molecule has 98 valence electrons. The topological polar surface area (TPSA) is 73.4 Å². The highest BCUT2D eigenvalue weighted by Crippen LogP contribution is 2.19. The highest BCUT2D eigenvalue weighted by Gasteiger charge is 2.28. The first-order valence-corrected chi connectivity index (χ1v) is 6.15.